The van der Waals surface area contributed by atoms with Crippen molar-refractivity contribution in [2.24, 2.45) is 0 Å². The van der Waals surface area contributed by atoms with Crippen molar-refractivity contribution in [1.29, 1.82) is 0 Å². The largest absolute Gasteiger partial charge is 0.378 e. The first-order valence-corrected chi connectivity index (χ1v) is 4.15. The van der Waals surface area contributed by atoms with Crippen molar-refractivity contribution < 1.29 is 4.74 Å². The van der Waals surface area contributed by atoms with Crippen LogP contribution in [0.3, 0.4) is 0 Å². The van der Waals surface area contributed by atoms with E-state index in [-0.39, 0.29) is 0 Å². The number of aromatic nitrogens is 1. The number of ether oxygens (including phenoxy) is 1. The first-order valence-electron chi connectivity index (χ1n) is 4.15. The number of hydrogen-bond donors (Lipinski definition) is 0. The summed E-state index contributed by atoms with van der Waals surface area (Å²) in [6.45, 7) is 0.551. The lowest BCUT2D eigenvalue weighted by atomic mass is 10.1. The van der Waals surface area contributed by atoms with Gasteiger partial charge in [0.2, 0.25) is 0 Å². The molecule has 1 aromatic carbocycles. The molecular formula is C11H10NO. The van der Waals surface area contributed by atoms with Gasteiger partial charge in [-0.1, -0.05) is 24.3 Å². The summed E-state index contributed by atoms with van der Waals surface area (Å²) >= 11 is 0. The highest BCUT2D eigenvalue weighted by Gasteiger charge is 1.99. The maximum Gasteiger partial charge on any atom is 0.0890 e. The minimum atomic E-state index is 0.551. The Morgan fingerprint density at radius 1 is 1.38 bits per heavy atom. The van der Waals surface area contributed by atoms with E-state index >= 15 is 0 Å². The van der Waals surface area contributed by atoms with Crippen LogP contribution >= 0.6 is 0 Å². The standard InChI is InChI=1S/C11H10NO/c1-13-8-11-10-5-3-2-4-9(10)6-7-12-11/h2-5,7H,8H2,1H3. The van der Waals surface area contributed by atoms with Crippen molar-refractivity contribution >= 4 is 10.8 Å². The van der Waals surface area contributed by atoms with E-state index in [9.17, 15) is 0 Å². The van der Waals surface area contributed by atoms with Crippen LogP contribution < -0.4 is 0 Å². The molecule has 2 heteroatoms. The minimum absolute atomic E-state index is 0.551. The minimum Gasteiger partial charge on any atom is -0.378 e. The van der Waals surface area contributed by atoms with Gasteiger partial charge >= 0.3 is 0 Å². The van der Waals surface area contributed by atoms with Gasteiger partial charge < -0.3 is 4.74 Å². The predicted octanol–water partition coefficient (Wildman–Crippen LogP) is 2.18. The molecule has 1 aromatic heterocycles. The van der Waals surface area contributed by atoms with E-state index in [0.29, 0.717) is 6.61 Å². The van der Waals surface area contributed by atoms with Crippen molar-refractivity contribution in [3.05, 3.63) is 42.2 Å². The Kier molecular flexibility index (Phi) is 2.23. The molecule has 0 spiro atoms. The Morgan fingerprint density at radius 2 is 2.23 bits per heavy atom. The molecule has 1 radical (unpaired) electrons. The zero-order valence-corrected chi connectivity index (χ0v) is 7.45. The van der Waals surface area contributed by atoms with Gasteiger partial charge in [-0.3, -0.25) is 4.98 Å². The van der Waals surface area contributed by atoms with Gasteiger partial charge in [0.05, 0.1) is 12.3 Å². The normalized spacial score (nSPS) is 10.5. The van der Waals surface area contributed by atoms with Crippen molar-refractivity contribution in [1.82, 2.24) is 4.98 Å². The molecular weight excluding hydrogens is 162 g/mol. The van der Waals surface area contributed by atoms with E-state index in [4.69, 9.17) is 4.74 Å². The van der Waals surface area contributed by atoms with E-state index in [1.807, 2.05) is 24.3 Å². The fraction of sp³-hybridized carbons (Fsp3) is 0.182. The van der Waals surface area contributed by atoms with Gasteiger partial charge in [-0.15, -0.1) is 0 Å². The molecule has 0 fully saturated rings. The van der Waals surface area contributed by atoms with Gasteiger partial charge in [0.1, 0.15) is 0 Å². The predicted molar refractivity (Wildman–Crippen MR) is 51.3 cm³/mol. The molecule has 1 heterocycles. The highest BCUT2D eigenvalue weighted by atomic mass is 16.5. The summed E-state index contributed by atoms with van der Waals surface area (Å²) in [6, 6.07) is 11.1. The van der Waals surface area contributed by atoms with Crippen LogP contribution in [-0.2, 0) is 11.3 Å². The van der Waals surface area contributed by atoms with E-state index in [1.54, 1.807) is 13.3 Å². The molecule has 0 aliphatic carbocycles. The molecule has 13 heavy (non-hydrogen) atoms. The maximum absolute atomic E-state index is 5.06. The SMILES string of the molecule is COCc1nc[c]c2ccccc12. The average molecular weight is 172 g/mol. The van der Waals surface area contributed by atoms with Gasteiger partial charge in [0.25, 0.3) is 0 Å². The van der Waals surface area contributed by atoms with Crippen LogP contribution in [0.5, 0.6) is 0 Å². The van der Waals surface area contributed by atoms with Crippen LogP contribution in [0.1, 0.15) is 5.69 Å². The van der Waals surface area contributed by atoms with Crippen molar-refractivity contribution in [2.45, 2.75) is 6.61 Å². The maximum atomic E-state index is 5.06. The highest BCUT2D eigenvalue weighted by Crippen LogP contribution is 2.15. The van der Waals surface area contributed by atoms with Crippen molar-refractivity contribution in [2.75, 3.05) is 7.11 Å². The monoisotopic (exact) mass is 172 g/mol. The fourth-order valence-electron chi connectivity index (χ4n) is 1.36. The third kappa shape index (κ3) is 1.53. The summed E-state index contributed by atoms with van der Waals surface area (Å²) in [4.78, 5) is 4.22. The van der Waals surface area contributed by atoms with E-state index in [0.717, 1.165) is 16.5 Å². The van der Waals surface area contributed by atoms with Gasteiger partial charge in [-0.05, 0) is 5.39 Å². The van der Waals surface area contributed by atoms with Crippen LogP contribution in [0, 0.1) is 6.07 Å². The van der Waals surface area contributed by atoms with Gasteiger partial charge in [0.15, 0.2) is 0 Å². The van der Waals surface area contributed by atoms with Crippen molar-refractivity contribution in [3.63, 3.8) is 0 Å². The summed E-state index contributed by atoms with van der Waals surface area (Å²) < 4.78 is 5.06. The number of benzene rings is 1. The fourth-order valence-corrected chi connectivity index (χ4v) is 1.36. The molecule has 0 bridgehead atoms. The molecule has 0 aliphatic rings. The van der Waals surface area contributed by atoms with E-state index in [2.05, 4.69) is 11.1 Å². The molecule has 0 aliphatic heterocycles. The van der Waals surface area contributed by atoms with E-state index < -0.39 is 0 Å². The summed E-state index contributed by atoms with van der Waals surface area (Å²) in [5.41, 5.74) is 0.969. The Balaban J connectivity index is 2.61. The van der Waals surface area contributed by atoms with Crippen molar-refractivity contribution in [3.8, 4) is 0 Å². The lowest BCUT2D eigenvalue weighted by molar-refractivity contribution is 0.182. The second-order valence-corrected chi connectivity index (χ2v) is 2.83. The molecule has 2 nitrogen and oxygen atoms in total. The van der Waals surface area contributed by atoms with Gasteiger partial charge in [0, 0.05) is 24.8 Å². The number of fused-ring (bicyclic) bond motifs is 1. The summed E-state index contributed by atoms with van der Waals surface area (Å²) in [5.74, 6) is 0. The molecule has 0 amide bonds. The Labute approximate surface area is 77.2 Å². The lowest BCUT2D eigenvalue weighted by Crippen LogP contribution is -1.92. The average Bonchev–Trinajstić information content (AvgIpc) is 2.19. The molecule has 0 saturated heterocycles. The van der Waals surface area contributed by atoms with Crippen LogP contribution in [0.2, 0.25) is 0 Å². The Hall–Kier alpha value is -1.41. The molecule has 2 rings (SSSR count). The molecule has 65 valence electrons. The Morgan fingerprint density at radius 3 is 3.08 bits per heavy atom. The molecule has 0 saturated carbocycles. The van der Waals surface area contributed by atoms with E-state index in [1.165, 1.54) is 0 Å². The first-order chi connectivity index (χ1) is 6.42. The topological polar surface area (TPSA) is 22.1 Å². The zero-order valence-electron chi connectivity index (χ0n) is 7.45. The zero-order chi connectivity index (χ0) is 9.10. The van der Waals surface area contributed by atoms with Crippen LogP contribution in [-0.4, -0.2) is 12.1 Å². The van der Waals surface area contributed by atoms with Gasteiger partial charge in [-0.2, -0.15) is 0 Å². The molecule has 0 N–H and O–H groups in total. The number of pyridine rings is 1. The summed E-state index contributed by atoms with van der Waals surface area (Å²) in [7, 11) is 1.67. The van der Waals surface area contributed by atoms with Crippen LogP contribution in [0.4, 0.5) is 0 Å². The summed E-state index contributed by atoms with van der Waals surface area (Å²) in [6.07, 6.45) is 1.69. The quantitative estimate of drug-likeness (QED) is 0.692. The molecule has 0 unspecified atom stereocenters. The van der Waals surface area contributed by atoms with Gasteiger partial charge in [-0.25, -0.2) is 0 Å². The number of hydrogen-bond acceptors (Lipinski definition) is 2. The summed E-state index contributed by atoms with van der Waals surface area (Å²) in [5, 5.41) is 2.21. The third-order valence-corrected chi connectivity index (χ3v) is 1.96. The molecule has 0 atom stereocenters. The number of methoxy groups -OCH3 is 1. The second-order valence-electron chi connectivity index (χ2n) is 2.83. The van der Waals surface area contributed by atoms with Crippen LogP contribution in [0.15, 0.2) is 30.5 Å². The number of rotatable bonds is 2. The Bertz CT molecular complexity index is 406. The first kappa shape index (κ1) is 8.20. The lowest BCUT2D eigenvalue weighted by Gasteiger charge is -2.02. The van der Waals surface area contributed by atoms with Crippen LogP contribution in [0.25, 0.3) is 10.8 Å². The number of nitrogens with zero attached hydrogens (tertiary/aromatic N) is 1. The third-order valence-electron chi connectivity index (χ3n) is 1.96. The smallest absolute Gasteiger partial charge is 0.0890 e. The molecule has 2 aromatic rings. The second kappa shape index (κ2) is 3.54. The highest BCUT2D eigenvalue weighted by molar-refractivity contribution is 5.83.